The number of rotatable bonds is 11. The largest absolute Gasteiger partial charge is 0.497 e. The molecule has 3 aromatic carbocycles. The number of hydrogen-bond donors (Lipinski definition) is 1. The molecule has 0 heterocycles. The first-order valence-corrected chi connectivity index (χ1v) is 14.3. The number of benzene rings is 3. The van der Waals surface area contributed by atoms with Gasteiger partial charge in [0.25, 0.3) is 10.0 Å². The number of nitrogens with zero attached hydrogens (tertiary/aromatic N) is 2. The molecule has 1 N–H and O–H groups in total. The van der Waals surface area contributed by atoms with E-state index in [0.29, 0.717) is 16.5 Å². The van der Waals surface area contributed by atoms with E-state index in [1.807, 2.05) is 20.8 Å². The highest BCUT2D eigenvalue weighted by Gasteiger charge is 2.32. The topological polar surface area (TPSA) is 96.0 Å². The second kappa shape index (κ2) is 13.0. The van der Waals surface area contributed by atoms with Gasteiger partial charge in [0.05, 0.1) is 17.7 Å². The van der Waals surface area contributed by atoms with E-state index in [1.165, 1.54) is 24.1 Å². The van der Waals surface area contributed by atoms with Gasteiger partial charge in [-0.2, -0.15) is 0 Å². The highest BCUT2D eigenvalue weighted by Crippen LogP contribution is 2.26. The van der Waals surface area contributed by atoms with Gasteiger partial charge in [0.1, 0.15) is 18.3 Å². The van der Waals surface area contributed by atoms with Crippen LogP contribution < -0.4 is 14.4 Å². The summed E-state index contributed by atoms with van der Waals surface area (Å²) >= 11 is 6.03. The van der Waals surface area contributed by atoms with Gasteiger partial charge in [0, 0.05) is 17.6 Å². The predicted octanol–water partition coefficient (Wildman–Crippen LogP) is 4.79. The van der Waals surface area contributed by atoms with E-state index >= 15 is 0 Å². The van der Waals surface area contributed by atoms with Crippen LogP contribution in [0.4, 0.5) is 5.69 Å². The maximum Gasteiger partial charge on any atom is 0.264 e. The zero-order valence-corrected chi connectivity index (χ0v) is 24.3. The SMILES string of the molecule is COc1ccc(S(=O)(=O)N(CC(=O)N(Cc2ccc(Cl)cc2)[C@H](C)C(=O)NC(C)C)c2ccc(C)cc2)cc1. The molecule has 0 aromatic heterocycles. The molecule has 0 saturated heterocycles. The van der Waals surface area contributed by atoms with Crippen molar-refractivity contribution in [2.24, 2.45) is 0 Å². The standard InChI is InChI=1S/C29H34ClN3O5S/c1-20(2)31-29(35)22(4)32(18-23-8-10-24(30)11-9-23)28(34)19-33(25-12-6-21(3)7-13-25)39(36,37)27-16-14-26(38-5)15-17-27/h6-17,20,22H,18-19H2,1-5H3,(H,31,35)/t22-/m1/s1. The zero-order chi connectivity index (χ0) is 28.7. The molecule has 3 aromatic rings. The number of sulfonamides is 1. The number of hydrogen-bond acceptors (Lipinski definition) is 5. The summed E-state index contributed by atoms with van der Waals surface area (Å²) < 4.78 is 33.9. The Balaban J connectivity index is 2.02. The molecule has 0 fully saturated rings. The number of nitrogens with one attached hydrogen (secondary N) is 1. The molecular formula is C29H34ClN3O5S. The van der Waals surface area contributed by atoms with Crippen LogP contribution in [-0.4, -0.2) is 50.9 Å². The maximum absolute atomic E-state index is 13.9. The zero-order valence-electron chi connectivity index (χ0n) is 22.7. The van der Waals surface area contributed by atoms with Crippen LogP contribution in [0.5, 0.6) is 5.75 Å². The van der Waals surface area contributed by atoms with Gasteiger partial charge in [0.2, 0.25) is 11.8 Å². The summed E-state index contributed by atoms with van der Waals surface area (Å²) in [4.78, 5) is 28.2. The van der Waals surface area contributed by atoms with Crippen molar-refractivity contribution in [3.05, 3.63) is 88.9 Å². The highest BCUT2D eigenvalue weighted by atomic mass is 35.5. The van der Waals surface area contributed by atoms with E-state index in [2.05, 4.69) is 5.32 Å². The molecule has 39 heavy (non-hydrogen) atoms. The van der Waals surface area contributed by atoms with Crippen LogP contribution >= 0.6 is 11.6 Å². The quantitative estimate of drug-likeness (QED) is 0.357. The molecule has 10 heteroatoms. The Morgan fingerprint density at radius 2 is 1.51 bits per heavy atom. The van der Waals surface area contributed by atoms with E-state index in [-0.39, 0.29) is 23.4 Å². The Morgan fingerprint density at radius 1 is 0.923 bits per heavy atom. The van der Waals surface area contributed by atoms with Crippen LogP contribution in [0, 0.1) is 6.92 Å². The second-order valence-electron chi connectivity index (χ2n) is 9.51. The summed E-state index contributed by atoms with van der Waals surface area (Å²) in [5.74, 6) is -0.368. The Labute approximate surface area is 235 Å². The predicted molar refractivity (Wildman–Crippen MR) is 153 cm³/mol. The summed E-state index contributed by atoms with van der Waals surface area (Å²) in [6.07, 6.45) is 0. The fraction of sp³-hybridized carbons (Fsp3) is 0.310. The minimum atomic E-state index is -4.15. The number of carbonyl (C=O) groups excluding carboxylic acids is 2. The number of ether oxygens (including phenoxy) is 1. The van der Waals surface area contributed by atoms with Crippen molar-refractivity contribution in [3.8, 4) is 5.75 Å². The third-order valence-electron chi connectivity index (χ3n) is 6.11. The molecule has 2 amide bonds. The fourth-order valence-corrected chi connectivity index (χ4v) is 5.43. The van der Waals surface area contributed by atoms with Crippen molar-refractivity contribution in [1.29, 1.82) is 0 Å². The number of amides is 2. The van der Waals surface area contributed by atoms with Crippen molar-refractivity contribution >= 4 is 39.1 Å². The van der Waals surface area contributed by atoms with E-state index in [0.717, 1.165) is 15.4 Å². The van der Waals surface area contributed by atoms with Crippen molar-refractivity contribution in [2.45, 2.75) is 51.2 Å². The molecule has 8 nitrogen and oxygen atoms in total. The summed E-state index contributed by atoms with van der Waals surface area (Å²) in [6.45, 7) is 6.75. The van der Waals surface area contributed by atoms with Crippen molar-refractivity contribution in [3.63, 3.8) is 0 Å². The molecule has 208 valence electrons. The number of aryl methyl sites for hydroxylation is 1. The van der Waals surface area contributed by atoms with Gasteiger partial charge >= 0.3 is 0 Å². The van der Waals surface area contributed by atoms with Crippen LogP contribution in [0.3, 0.4) is 0 Å². The Kier molecular flexibility index (Phi) is 9.99. The summed E-state index contributed by atoms with van der Waals surface area (Å²) in [7, 11) is -2.66. The first-order valence-electron chi connectivity index (χ1n) is 12.5. The third kappa shape index (κ3) is 7.74. The smallest absolute Gasteiger partial charge is 0.264 e. The van der Waals surface area contributed by atoms with Crippen LogP contribution in [0.2, 0.25) is 5.02 Å². The molecule has 0 bridgehead atoms. The van der Waals surface area contributed by atoms with Gasteiger partial charge in [-0.15, -0.1) is 0 Å². The second-order valence-corrected chi connectivity index (χ2v) is 11.8. The first-order chi connectivity index (χ1) is 18.4. The van der Waals surface area contributed by atoms with Crippen LogP contribution in [0.1, 0.15) is 31.9 Å². The molecule has 0 saturated carbocycles. The number of carbonyl (C=O) groups is 2. The van der Waals surface area contributed by atoms with Crippen molar-refractivity contribution < 1.29 is 22.7 Å². The summed E-state index contributed by atoms with van der Waals surface area (Å²) in [5.41, 5.74) is 2.02. The molecule has 0 spiro atoms. The maximum atomic E-state index is 13.9. The van der Waals surface area contributed by atoms with Crippen LogP contribution in [0.25, 0.3) is 0 Å². The lowest BCUT2D eigenvalue weighted by molar-refractivity contribution is -0.139. The van der Waals surface area contributed by atoms with E-state index < -0.39 is 28.5 Å². The van der Waals surface area contributed by atoms with Crippen molar-refractivity contribution in [2.75, 3.05) is 18.0 Å². The van der Waals surface area contributed by atoms with Gasteiger partial charge in [-0.25, -0.2) is 8.42 Å². The molecule has 0 aliphatic heterocycles. The molecule has 1 atom stereocenters. The van der Waals surface area contributed by atoms with Crippen LogP contribution in [0.15, 0.2) is 77.7 Å². The van der Waals surface area contributed by atoms with Crippen LogP contribution in [-0.2, 0) is 26.2 Å². The Morgan fingerprint density at radius 3 is 2.05 bits per heavy atom. The monoisotopic (exact) mass is 571 g/mol. The highest BCUT2D eigenvalue weighted by molar-refractivity contribution is 7.92. The lowest BCUT2D eigenvalue weighted by Gasteiger charge is -2.32. The van der Waals surface area contributed by atoms with Gasteiger partial charge in [-0.1, -0.05) is 41.4 Å². The Hall–Kier alpha value is -3.56. The molecule has 0 aliphatic rings. The van der Waals surface area contributed by atoms with E-state index in [1.54, 1.807) is 67.6 Å². The minimum Gasteiger partial charge on any atom is -0.497 e. The Bertz CT molecular complexity index is 1380. The normalized spacial score (nSPS) is 12.1. The average Bonchev–Trinajstić information content (AvgIpc) is 2.91. The van der Waals surface area contributed by atoms with Gasteiger partial charge in [-0.05, 0) is 81.8 Å². The van der Waals surface area contributed by atoms with Gasteiger partial charge in [-0.3, -0.25) is 13.9 Å². The van der Waals surface area contributed by atoms with E-state index in [4.69, 9.17) is 16.3 Å². The fourth-order valence-electron chi connectivity index (χ4n) is 3.89. The number of methoxy groups -OCH3 is 1. The summed E-state index contributed by atoms with van der Waals surface area (Å²) in [6, 6.07) is 18.8. The van der Waals surface area contributed by atoms with Gasteiger partial charge < -0.3 is 15.0 Å². The van der Waals surface area contributed by atoms with Gasteiger partial charge in [0.15, 0.2) is 0 Å². The third-order valence-corrected chi connectivity index (χ3v) is 8.15. The molecule has 0 radical (unpaired) electrons. The molecular weight excluding hydrogens is 538 g/mol. The lowest BCUT2D eigenvalue weighted by atomic mass is 10.1. The van der Waals surface area contributed by atoms with E-state index in [9.17, 15) is 18.0 Å². The minimum absolute atomic E-state index is 0.00604. The first kappa shape index (κ1) is 30.0. The number of halogens is 1. The molecule has 0 unspecified atom stereocenters. The average molecular weight is 572 g/mol. The number of anilines is 1. The van der Waals surface area contributed by atoms with Crippen molar-refractivity contribution in [1.82, 2.24) is 10.2 Å². The molecule has 3 rings (SSSR count). The summed E-state index contributed by atoms with van der Waals surface area (Å²) in [5, 5.41) is 3.37. The lowest BCUT2D eigenvalue weighted by Crippen LogP contribution is -2.52. The molecule has 0 aliphatic carbocycles.